The molecular formula is C25H23N3O3. The highest BCUT2D eigenvalue weighted by atomic mass is 16.2. The van der Waals surface area contributed by atoms with Gasteiger partial charge in [-0.25, -0.2) is 0 Å². The van der Waals surface area contributed by atoms with Gasteiger partial charge in [0.1, 0.15) is 0 Å². The smallest absolute Gasteiger partial charge is 0.255 e. The average Bonchev–Trinajstić information content (AvgIpc) is 3.63. The Balaban J connectivity index is 1.42. The largest absolute Gasteiger partial charge is 0.326 e. The summed E-state index contributed by atoms with van der Waals surface area (Å²) in [6.07, 6.45) is 1.88. The van der Waals surface area contributed by atoms with Crippen LogP contribution in [0.4, 0.5) is 17.1 Å². The zero-order chi connectivity index (χ0) is 21.8. The summed E-state index contributed by atoms with van der Waals surface area (Å²) < 4.78 is 0. The maximum absolute atomic E-state index is 12.7. The summed E-state index contributed by atoms with van der Waals surface area (Å²) >= 11 is 0. The summed E-state index contributed by atoms with van der Waals surface area (Å²) in [6.45, 7) is 1.84. The van der Waals surface area contributed by atoms with Crippen molar-refractivity contribution in [1.82, 2.24) is 0 Å². The number of hydrogen-bond acceptors (Lipinski definition) is 3. The van der Waals surface area contributed by atoms with Gasteiger partial charge in [0.2, 0.25) is 5.91 Å². The number of carbonyl (C=O) groups excluding carboxylic acids is 3. The van der Waals surface area contributed by atoms with E-state index in [-0.39, 0.29) is 23.6 Å². The minimum atomic E-state index is -0.269. The minimum Gasteiger partial charge on any atom is -0.326 e. The molecule has 1 aliphatic carbocycles. The van der Waals surface area contributed by atoms with Gasteiger partial charge in [-0.3, -0.25) is 14.4 Å². The molecular weight excluding hydrogens is 390 g/mol. The Bertz CT molecular complexity index is 1120. The van der Waals surface area contributed by atoms with Gasteiger partial charge in [0.05, 0.1) is 0 Å². The number of carbonyl (C=O) groups is 3. The molecule has 0 aromatic heterocycles. The molecule has 31 heavy (non-hydrogen) atoms. The van der Waals surface area contributed by atoms with Gasteiger partial charge >= 0.3 is 0 Å². The van der Waals surface area contributed by atoms with E-state index < -0.39 is 0 Å². The molecule has 3 amide bonds. The van der Waals surface area contributed by atoms with Gasteiger partial charge in [-0.2, -0.15) is 0 Å². The van der Waals surface area contributed by atoms with Gasteiger partial charge in [0, 0.05) is 34.1 Å². The van der Waals surface area contributed by atoms with E-state index in [2.05, 4.69) is 16.0 Å². The van der Waals surface area contributed by atoms with Crippen LogP contribution in [0.5, 0.6) is 0 Å². The van der Waals surface area contributed by atoms with E-state index in [1.165, 1.54) is 0 Å². The first-order chi connectivity index (χ1) is 15.0. The van der Waals surface area contributed by atoms with Gasteiger partial charge in [0.15, 0.2) is 0 Å². The van der Waals surface area contributed by atoms with E-state index >= 15 is 0 Å². The lowest BCUT2D eigenvalue weighted by molar-refractivity contribution is -0.117. The fraction of sp³-hybridized carbons (Fsp3) is 0.160. The summed E-state index contributed by atoms with van der Waals surface area (Å²) in [6, 6.07) is 21.1. The van der Waals surface area contributed by atoms with Crippen LogP contribution >= 0.6 is 0 Å². The lowest BCUT2D eigenvalue weighted by Crippen LogP contribution is -2.16. The molecule has 0 heterocycles. The van der Waals surface area contributed by atoms with Crippen molar-refractivity contribution in [3.8, 4) is 0 Å². The molecule has 3 aromatic carbocycles. The van der Waals surface area contributed by atoms with Crippen LogP contribution in [-0.4, -0.2) is 17.7 Å². The molecule has 0 atom stereocenters. The van der Waals surface area contributed by atoms with Gasteiger partial charge in [-0.05, 0) is 73.9 Å². The second-order valence-electron chi connectivity index (χ2n) is 7.59. The van der Waals surface area contributed by atoms with Crippen molar-refractivity contribution in [3.05, 3.63) is 89.5 Å². The Labute approximate surface area is 180 Å². The fourth-order valence-electron chi connectivity index (χ4n) is 3.18. The monoisotopic (exact) mass is 413 g/mol. The first-order valence-electron chi connectivity index (χ1n) is 10.2. The first-order valence-corrected chi connectivity index (χ1v) is 10.2. The van der Waals surface area contributed by atoms with Crippen LogP contribution in [-0.2, 0) is 4.79 Å². The highest BCUT2D eigenvalue weighted by molar-refractivity contribution is 6.07. The molecule has 3 aromatic rings. The van der Waals surface area contributed by atoms with Crippen molar-refractivity contribution in [2.45, 2.75) is 19.8 Å². The highest BCUT2D eigenvalue weighted by Gasteiger charge is 2.29. The molecule has 3 N–H and O–H groups in total. The zero-order valence-corrected chi connectivity index (χ0v) is 17.1. The Morgan fingerprint density at radius 3 is 1.77 bits per heavy atom. The zero-order valence-electron chi connectivity index (χ0n) is 17.1. The predicted molar refractivity (Wildman–Crippen MR) is 121 cm³/mol. The third-order valence-electron chi connectivity index (χ3n) is 5.23. The number of amides is 3. The fourth-order valence-corrected chi connectivity index (χ4v) is 3.18. The van der Waals surface area contributed by atoms with Crippen LogP contribution in [0.25, 0.3) is 0 Å². The van der Waals surface area contributed by atoms with Crippen molar-refractivity contribution >= 4 is 34.8 Å². The van der Waals surface area contributed by atoms with Crippen molar-refractivity contribution < 1.29 is 14.4 Å². The van der Waals surface area contributed by atoms with E-state index in [1.54, 1.807) is 66.7 Å². The normalized spacial score (nSPS) is 12.7. The Morgan fingerprint density at radius 2 is 1.23 bits per heavy atom. The topological polar surface area (TPSA) is 87.3 Å². The Morgan fingerprint density at radius 1 is 0.677 bits per heavy atom. The second kappa shape index (κ2) is 8.83. The van der Waals surface area contributed by atoms with Crippen LogP contribution < -0.4 is 16.0 Å². The lowest BCUT2D eigenvalue weighted by atomic mass is 10.1. The van der Waals surface area contributed by atoms with Crippen molar-refractivity contribution in [2.24, 2.45) is 5.92 Å². The molecule has 0 bridgehead atoms. The lowest BCUT2D eigenvalue weighted by Gasteiger charge is -2.14. The number of nitrogens with one attached hydrogen (secondary N) is 3. The van der Waals surface area contributed by atoms with E-state index in [4.69, 9.17) is 0 Å². The summed E-state index contributed by atoms with van der Waals surface area (Å²) in [7, 11) is 0. The van der Waals surface area contributed by atoms with Crippen molar-refractivity contribution in [2.75, 3.05) is 16.0 Å². The number of anilines is 3. The maximum Gasteiger partial charge on any atom is 0.255 e. The van der Waals surface area contributed by atoms with Crippen molar-refractivity contribution in [3.63, 3.8) is 0 Å². The van der Waals surface area contributed by atoms with Gasteiger partial charge in [0.25, 0.3) is 11.8 Å². The van der Waals surface area contributed by atoms with E-state index in [1.807, 2.05) is 13.0 Å². The summed E-state index contributed by atoms with van der Waals surface area (Å²) in [5.74, 6) is -0.325. The molecule has 1 saturated carbocycles. The first kappa shape index (κ1) is 20.3. The molecule has 0 saturated heterocycles. The molecule has 6 heteroatoms. The van der Waals surface area contributed by atoms with Crippen LogP contribution in [0.3, 0.4) is 0 Å². The van der Waals surface area contributed by atoms with Crippen LogP contribution in [0.15, 0.2) is 72.8 Å². The molecule has 4 rings (SSSR count). The average molecular weight is 413 g/mol. The summed E-state index contributed by atoms with van der Waals surface area (Å²) in [5.41, 5.74) is 3.71. The number of benzene rings is 3. The minimum absolute atomic E-state index is 0.0298. The Hall–Kier alpha value is -3.93. The standard InChI is InChI=1S/C25H23N3O3/c1-16-21(27-24(30)17-6-3-2-4-7-17)8-5-9-22(16)28-25(31)19-12-14-20(15-13-19)26-23(29)18-10-11-18/h2-9,12-15,18H,10-11H2,1H3,(H,26,29)(H,27,30)(H,28,31). The van der Waals surface area contributed by atoms with Gasteiger partial charge in [-0.15, -0.1) is 0 Å². The van der Waals surface area contributed by atoms with Crippen molar-refractivity contribution in [1.29, 1.82) is 0 Å². The van der Waals surface area contributed by atoms with E-state index in [9.17, 15) is 14.4 Å². The van der Waals surface area contributed by atoms with Crippen LogP contribution in [0.2, 0.25) is 0 Å². The molecule has 6 nitrogen and oxygen atoms in total. The third-order valence-corrected chi connectivity index (χ3v) is 5.23. The van der Waals surface area contributed by atoms with E-state index in [0.717, 1.165) is 18.4 Å². The number of hydrogen-bond donors (Lipinski definition) is 3. The second-order valence-corrected chi connectivity index (χ2v) is 7.59. The molecule has 0 unspecified atom stereocenters. The van der Waals surface area contributed by atoms with Gasteiger partial charge < -0.3 is 16.0 Å². The molecule has 0 spiro atoms. The predicted octanol–water partition coefficient (Wildman–Crippen LogP) is 4.85. The Kier molecular flexibility index (Phi) is 5.80. The van der Waals surface area contributed by atoms with Crippen LogP contribution in [0, 0.1) is 12.8 Å². The summed E-state index contributed by atoms with van der Waals surface area (Å²) in [5, 5.41) is 8.64. The quantitative estimate of drug-likeness (QED) is 0.540. The highest BCUT2D eigenvalue weighted by Crippen LogP contribution is 2.30. The number of rotatable bonds is 6. The molecule has 0 radical (unpaired) electrons. The third kappa shape index (κ3) is 4.98. The maximum atomic E-state index is 12.7. The SMILES string of the molecule is Cc1c(NC(=O)c2ccccc2)cccc1NC(=O)c1ccc(NC(=O)C2CC2)cc1. The van der Waals surface area contributed by atoms with Crippen LogP contribution in [0.1, 0.15) is 39.1 Å². The molecule has 1 fully saturated rings. The molecule has 0 aliphatic heterocycles. The summed E-state index contributed by atoms with van der Waals surface area (Å²) in [4.78, 5) is 37.0. The molecule has 156 valence electrons. The van der Waals surface area contributed by atoms with Gasteiger partial charge in [-0.1, -0.05) is 24.3 Å². The van der Waals surface area contributed by atoms with E-state index in [0.29, 0.717) is 28.2 Å². The molecule has 1 aliphatic rings.